The predicted octanol–water partition coefficient (Wildman–Crippen LogP) is 4.18. The van der Waals surface area contributed by atoms with Gasteiger partial charge in [0.25, 0.3) is 0 Å². The highest BCUT2D eigenvalue weighted by atomic mass is 16.6. The van der Waals surface area contributed by atoms with Crippen molar-refractivity contribution in [2.24, 2.45) is 0 Å². The van der Waals surface area contributed by atoms with Gasteiger partial charge in [-0.15, -0.1) is 0 Å². The minimum absolute atomic E-state index is 0.0457. The zero-order valence-electron chi connectivity index (χ0n) is 20.7. The topological polar surface area (TPSA) is 106 Å². The van der Waals surface area contributed by atoms with Crippen LogP contribution >= 0.6 is 0 Å². The second-order valence-electron chi connectivity index (χ2n) is 8.88. The van der Waals surface area contributed by atoms with E-state index in [4.69, 9.17) is 14.2 Å². The molecule has 0 radical (unpaired) electrons. The average molecular weight is 506 g/mol. The number of aliphatic hydroxyl groups is 2. The van der Waals surface area contributed by atoms with Gasteiger partial charge in [-0.3, -0.25) is 0 Å². The molecule has 0 aliphatic heterocycles. The van der Waals surface area contributed by atoms with Gasteiger partial charge in [0.1, 0.15) is 18.0 Å². The molecule has 1 aliphatic carbocycles. The summed E-state index contributed by atoms with van der Waals surface area (Å²) in [6.45, 7) is 1.35. The lowest BCUT2D eigenvalue weighted by Gasteiger charge is -2.32. The molecule has 194 valence electrons. The summed E-state index contributed by atoms with van der Waals surface area (Å²) in [4.78, 5) is 26.4. The van der Waals surface area contributed by atoms with E-state index in [1.807, 2.05) is 42.5 Å². The first-order valence-corrected chi connectivity index (χ1v) is 12.3. The number of carbonyl (C=O) groups excluding carboxylic acids is 2. The molecule has 0 saturated carbocycles. The van der Waals surface area contributed by atoms with Crippen molar-refractivity contribution in [2.45, 2.75) is 37.9 Å². The van der Waals surface area contributed by atoms with E-state index in [0.29, 0.717) is 23.5 Å². The van der Waals surface area contributed by atoms with Crippen LogP contribution in [0.25, 0.3) is 0 Å². The van der Waals surface area contributed by atoms with Crippen LogP contribution in [0.5, 0.6) is 5.75 Å². The Bertz CT molecular complexity index is 1160. The van der Waals surface area contributed by atoms with E-state index < -0.39 is 30.4 Å². The Kier molecular flexibility index (Phi) is 8.43. The van der Waals surface area contributed by atoms with Crippen LogP contribution in [-0.2, 0) is 27.1 Å². The number of anilines is 2. The van der Waals surface area contributed by atoms with Crippen LogP contribution in [0.2, 0.25) is 0 Å². The van der Waals surface area contributed by atoms with Gasteiger partial charge >= 0.3 is 12.1 Å². The number of rotatable bonds is 8. The fourth-order valence-electron chi connectivity index (χ4n) is 4.44. The highest BCUT2D eigenvalue weighted by Gasteiger charge is 2.41. The maximum absolute atomic E-state index is 13.3. The SMILES string of the molecule is CCOC(=O)COc1cccc2c1CCC(O)C(O)(COC(=O)N(c1ccccc1)c1ccccc1)C2. The monoisotopic (exact) mass is 505 g/mol. The van der Waals surface area contributed by atoms with Gasteiger partial charge in [0.05, 0.1) is 24.1 Å². The second kappa shape index (κ2) is 11.9. The van der Waals surface area contributed by atoms with Crippen molar-refractivity contribution < 1.29 is 34.0 Å². The summed E-state index contributed by atoms with van der Waals surface area (Å²) < 4.78 is 16.2. The molecular weight excluding hydrogens is 474 g/mol. The Morgan fingerprint density at radius 3 is 2.22 bits per heavy atom. The maximum atomic E-state index is 13.3. The zero-order chi connectivity index (χ0) is 26.3. The Morgan fingerprint density at radius 2 is 1.59 bits per heavy atom. The summed E-state index contributed by atoms with van der Waals surface area (Å²) in [7, 11) is 0. The molecule has 3 aromatic rings. The van der Waals surface area contributed by atoms with E-state index >= 15 is 0 Å². The van der Waals surface area contributed by atoms with Crippen LogP contribution in [0.15, 0.2) is 78.9 Å². The molecule has 2 unspecified atom stereocenters. The minimum atomic E-state index is -1.71. The van der Waals surface area contributed by atoms with Gasteiger partial charge < -0.3 is 24.4 Å². The largest absolute Gasteiger partial charge is 0.482 e. The van der Waals surface area contributed by atoms with Crippen LogP contribution in [0.1, 0.15) is 24.5 Å². The fraction of sp³-hybridized carbons (Fsp3) is 0.310. The van der Waals surface area contributed by atoms with E-state index in [1.54, 1.807) is 43.3 Å². The zero-order valence-corrected chi connectivity index (χ0v) is 20.7. The number of para-hydroxylation sites is 2. The van der Waals surface area contributed by atoms with Crippen molar-refractivity contribution in [3.8, 4) is 5.75 Å². The van der Waals surface area contributed by atoms with Gasteiger partial charge in [-0.25, -0.2) is 14.5 Å². The molecule has 1 aliphatic rings. The highest BCUT2D eigenvalue weighted by molar-refractivity contribution is 5.95. The normalized spacial score (nSPS) is 18.7. The van der Waals surface area contributed by atoms with Crippen molar-refractivity contribution in [3.63, 3.8) is 0 Å². The number of ether oxygens (including phenoxy) is 3. The Balaban J connectivity index is 1.51. The average Bonchev–Trinajstić information content (AvgIpc) is 3.04. The predicted molar refractivity (Wildman–Crippen MR) is 138 cm³/mol. The molecule has 0 aromatic heterocycles. The molecule has 8 heteroatoms. The molecule has 0 heterocycles. The first-order valence-electron chi connectivity index (χ1n) is 12.3. The van der Waals surface area contributed by atoms with Gasteiger partial charge in [-0.05, 0) is 61.2 Å². The quantitative estimate of drug-likeness (QED) is 0.349. The Labute approximate surface area is 216 Å². The van der Waals surface area contributed by atoms with Gasteiger partial charge in [0.15, 0.2) is 6.61 Å². The summed E-state index contributed by atoms with van der Waals surface area (Å²) in [6, 6.07) is 23.5. The second-order valence-corrected chi connectivity index (χ2v) is 8.88. The molecule has 2 N–H and O–H groups in total. The first kappa shape index (κ1) is 26.2. The van der Waals surface area contributed by atoms with E-state index in [1.165, 1.54) is 4.90 Å². The van der Waals surface area contributed by atoms with E-state index in [2.05, 4.69) is 0 Å². The molecular formula is C29H31NO7. The molecule has 1 amide bonds. The Morgan fingerprint density at radius 1 is 0.946 bits per heavy atom. The van der Waals surface area contributed by atoms with E-state index in [9.17, 15) is 19.8 Å². The number of benzene rings is 3. The van der Waals surface area contributed by atoms with Crippen LogP contribution in [0, 0.1) is 0 Å². The van der Waals surface area contributed by atoms with Gasteiger partial charge in [-0.1, -0.05) is 48.5 Å². The molecule has 2 atom stereocenters. The van der Waals surface area contributed by atoms with Gasteiger partial charge in [0, 0.05) is 6.42 Å². The lowest BCUT2D eigenvalue weighted by atomic mass is 9.90. The van der Waals surface area contributed by atoms with Crippen molar-refractivity contribution in [2.75, 3.05) is 24.7 Å². The number of hydrogen-bond acceptors (Lipinski definition) is 7. The first-order chi connectivity index (χ1) is 17.9. The van der Waals surface area contributed by atoms with Crippen molar-refractivity contribution >= 4 is 23.4 Å². The molecule has 3 aromatic carbocycles. The van der Waals surface area contributed by atoms with E-state index in [-0.39, 0.29) is 26.1 Å². The smallest absolute Gasteiger partial charge is 0.419 e. The maximum Gasteiger partial charge on any atom is 0.419 e. The number of hydrogen-bond donors (Lipinski definition) is 2. The summed E-state index contributed by atoms with van der Waals surface area (Å²) in [6.07, 6.45) is -1.13. The van der Waals surface area contributed by atoms with Crippen LogP contribution in [0.3, 0.4) is 0 Å². The summed E-state index contributed by atoms with van der Waals surface area (Å²) in [5.41, 5.74) is 1.06. The minimum Gasteiger partial charge on any atom is -0.482 e. The lowest BCUT2D eigenvalue weighted by Crippen LogP contribution is -2.49. The summed E-state index contributed by atoms with van der Waals surface area (Å²) in [5.74, 6) is 0.0249. The van der Waals surface area contributed by atoms with Crippen LogP contribution in [0.4, 0.5) is 16.2 Å². The standard InChI is InChI=1S/C29H31NO7/c1-2-35-27(32)19-36-25-15-9-10-21-18-29(34,26(31)17-16-24(21)25)20-37-28(33)30(22-11-5-3-6-12-22)23-13-7-4-8-14-23/h3-15,26,31,34H,2,16-20H2,1H3. The molecule has 0 saturated heterocycles. The van der Waals surface area contributed by atoms with Gasteiger partial charge in [-0.2, -0.15) is 0 Å². The highest BCUT2D eigenvalue weighted by Crippen LogP contribution is 2.34. The van der Waals surface area contributed by atoms with Crippen LogP contribution in [-0.4, -0.2) is 53.8 Å². The van der Waals surface area contributed by atoms with Gasteiger partial charge in [0.2, 0.25) is 0 Å². The third-order valence-electron chi connectivity index (χ3n) is 6.32. The Hall–Kier alpha value is -3.88. The van der Waals surface area contributed by atoms with Crippen molar-refractivity contribution in [1.82, 2.24) is 0 Å². The van der Waals surface area contributed by atoms with Crippen molar-refractivity contribution in [1.29, 1.82) is 0 Å². The summed E-state index contributed by atoms with van der Waals surface area (Å²) >= 11 is 0. The molecule has 0 fully saturated rings. The summed E-state index contributed by atoms with van der Waals surface area (Å²) in [5, 5.41) is 22.3. The van der Waals surface area contributed by atoms with Crippen molar-refractivity contribution in [3.05, 3.63) is 90.0 Å². The van der Waals surface area contributed by atoms with Crippen LogP contribution < -0.4 is 9.64 Å². The number of nitrogens with zero attached hydrogens (tertiary/aromatic N) is 1. The number of aliphatic hydroxyl groups excluding tert-OH is 1. The number of esters is 1. The lowest BCUT2D eigenvalue weighted by molar-refractivity contribution is -0.145. The third-order valence-corrected chi connectivity index (χ3v) is 6.32. The number of carbonyl (C=O) groups is 2. The number of fused-ring (bicyclic) bond motifs is 1. The molecule has 0 spiro atoms. The number of amides is 1. The molecule has 4 rings (SSSR count). The fourth-order valence-corrected chi connectivity index (χ4v) is 4.44. The van der Waals surface area contributed by atoms with E-state index in [0.717, 1.165) is 11.1 Å². The molecule has 0 bridgehead atoms. The molecule has 37 heavy (non-hydrogen) atoms. The third kappa shape index (κ3) is 6.28. The molecule has 8 nitrogen and oxygen atoms in total.